The number of aromatic nitrogens is 2. The van der Waals surface area contributed by atoms with Crippen LogP contribution in [0.3, 0.4) is 0 Å². The van der Waals surface area contributed by atoms with E-state index in [0.29, 0.717) is 5.92 Å². The van der Waals surface area contributed by atoms with Gasteiger partial charge in [0, 0.05) is 32.2 Å². The Morgan fingerprint density at radius 2 is 2.32 bits per heavy atom. The molecule has 0 spiro atoms. The molecule has 1 aromatic heterocycles. The fraction of sp³-hybridized carbons (Fsp3) is 0.714. The van der Waals surface area contributed by atoms with E-state index in [1.54, 1.807) is 0 Å². The molecule has 1 aliphatic heterocycles. The van der Waals surface area contributed by atoms with E-state index in [0.717, 1.165) is 38.5 Å². The van der Waals surface area contributed by atoms with Crippen LogP contribution in [0.5, 0.6) is 0 Å². The van der Waals surface area contributed by atoms with Crippen LogP contribution in [0.25, 0.3) is 0 Å². The number of anilines is 2. The fourth-order valence-electron chi connectivity index (χ4n) is 2.14. The molecule has 2 N–H and O–H groups in total. The lowest BCUT2D eigenvalue weighted by molar-refractivity contribution is 0.592. The van der Waals surface area contributed by atoms with E-state index in [1.165, 1.54) is 18.5 Å². The first-order valence-electron chi connectivity index (χ1n) is 7.32. The number of nitrogens with zero attached hydrogens (tertiary/aromatic N) is 3. The van der Waals surface area contributed by atoms with Crippen molar-refractivity contribution in [3.05, 3.63) is 12.3 Å². The molecular weight excluding hydrogens is 238 g/mol. The van der Waals surface area contributed by atoms with E-state index < -0.39 is 0 Å². The van der Waals surface area contributed by atoms with Crippen LogP contribution in [0.1, 0.15) is 26.7 Å². The van der Waals surface area contributed by atoms with Crippen LogP contribution >= 0.6 is 0 Å². The molecule has 1 aliphatic rings. The minimum Gasteiger partial charge on any atom is -0.369 e. The molecule has 0 radical (unpaired) electrons. The quantitative estimate of drug-likeness (QED) is 0.847. The summed E-state index contributed by atoms with van der Waals surface area (Å²) in [4.78, 5) is 2.38. The van der Waals surface area contributed by atoms with Crippen LogP contribution in [0.4, 0.5) is 11.5 Å². The molecule has 19 heavy (non-hydrogen) atoms. The maximum Gasteiger partial charge on any atom is 0.150 e. The smallest absolute Gasteiger partial charge is 0.150 e. The van der Waals surface area contributed by atoms with E-state index in [1.807, 2.05) is 6.20 Å². The second kappa shape index (κ2) is 7.28. The maximum absolute atomic E-state index is 4.16. The highest BCUT2D eigenvalue weighted by atomic mass is 15.2. The zero-order valence-electron chi connectivity index (χ0n) is 12.0. The lowest BCUT2D eigenvalue weighted by atomic mass is 10.1. The summed E-state index contributed by atoms with van der Waals surface area (Å²) in [6.07, 6.45) is 4.22. The van der Waals surface area contributed by atoms with E-state index >= 15 is 0 Å². The van der Waals surface area contributed by atoms with Crippen molar-refractivity contribution in [1.29, 1.82) is 0 Å². The standard InChI is InChI=1S/C14H25N5/c1-3-12(2)10-16-14-9-13(11-17-18-14)19-7-4-5-15-6-8-19/h9,11-12,15H,3-8,10H2,1-2H3,(H,16,18). The van der Waals surface area contributed by atoms with Crippen LogP contribution in [0.15, 0.2) is 12.3 Å². The molecule has 106 valence electrons. The van der Waals surface area contributed by atoms with Crippen molar-refractivity contribution < 1.29 is 0 Å². The number of hydrogen-bond acceptors (Lipinski definition) is 5. The molecule has 1 atom stereocenters. The molecule has 5 heteroatoms. The molecule has 0 saturated carbocycles. The van der Waals surface area contributed by atoms with Gasteiger partial charge in [-0.25, -0.2) is 0 Å². The molecule has 1 saturated heterocycles. The van der Waals surface area contributed by atoms with Crippen LogP contribution < -0.4 is 15.5 Å². The van der Waals surface area contributed by atoms with Crippen molar-refractivity contribution in [1.82, 2.24) is 15.5 Å². The van der Waals surface area contributed by atoms with Gasteiger partial charge in [-0.1, -0.05) is 20.3 Å². The summed E-state index contributed by atoms with van der Waals surface area (Å²) in [6, 6.07) is 2.11. The molecule has 0 aliphatic carbocycles. The first kappa shape index (κ1) is 14.1. The summed E-state index contributed by atoms with van der Waals surface area (Å²) in [7, 11) is 0. The number of nitrogens with one attached hydrogen (secondary N) is 2. The van der Waals surface area contributed by atoms with Crippen molar-refractivity contribution >= 4 is 11.5 Å². The largest absolute Gasteiger partial charge is 0.369 e. The second-order valence-corrected chi connectivity index (χ2v) is 5.28. The number of hydrogen-bond donors (Lipinski definition) is 2. The Morgan fingerprint density at radius 1 is 1.42 bits per heavy atom. The highest BCUT2D eigenvalue weighted by Gasteiger charge is 2.11. The second-order valence-electron chi connectivity index (χ2n) is 5.28. The summed E-state index contributed by atoms with van der Waals surface area (Å²) >= 11 is 0. The molecule has 2 heterocycles. The highest BCUT2D eigenvalue weighted by molar-refractivity contribution is 5.52. The van der Waals surface area contributed by atoms with E-state index in [9.17, 15) is 0 Å². The molecule has 1 aromatic rings. The van der Waals surface area contributed by atoms with Gasteiger partial charge in [0.1, 0.15) is 0 Å². The Kier molecular flexibility index (Phi) is 5.39. The Labute approximate surface area is 115 Å². The predicted molar refractivity (Wildman–Crippen MR) is 79.7 cm³/mol. The van der Waals surface area contributed by atoms with Crippen molar-refractivity contribution in [3.8, 4) is 0 Å². The lowest BCUT2D eigenvalue weighted by Gasteiger charge is -2.22. The van der Waals surface area contributed by atoms with Crippen molar-refractivity contribution in [2.45, 2.75) is 26.7 Å². The third kappa shape index (κ3) is 4.35. The van der Waals surface area contributed by atoms with Gasteiger partial charge in [0.05, 0.1) is 11.9 Å². The Balaban J connectivity index is 1.97. The van der Waals surface area contributed by atoms with E-state index in [2.05, 4.69) is 45.6 Å². The molecule has 0 aromatic carbocycles. The SMILES string of the molecule is CCC(C)CNc1cc(N2CCCNCC2)cnn1. The van der Waals surface area contributed by atoms with Crippen LogP contribution in [0, 0.1) is 5.92 Å². The molecule has 1 unspecified atom stereocenters. The van der Waals surface area contributed by atoms with Gasteiger partial charge in [-0.05, 0) is 18.9 Å². The van der Waals surface area contributed by atoms with Gasteiger partial charge in [0.2, 0.25) is 0 Å². The Hall–Kier alpha value is -1.36. The maximum atomic E-state index is 4.16. The monoisotopic (exact) mass is 263 g/mol. The predicted octanol–water partition coefficient (Wildman–Crippen LogP) is 1.73. The van der Waals surface area contributed by atoms with E-state index in [4.69, 9.17) is 0 Å². The fourth-order valence-corrected chi connectivity index (χ4v) is 2.14. The van der Waals surface area contributed by atoms with Gasteiger partial charge >= 0.3 is 0 Å². The minimum atomic E-state index is 0.660. The lowest BCUT2D eigenvalue weighted by Crippen LogP contribution is -2.28. The van der Waals surface area contributed by atoms with Gasteiger partial charge < -0.3 is 15.5 Å². The normalized spacial score (nSPS) is 17.9. The van der Waals surface area contributed by atoms with Gasteiger partial charge in [0.25, 0.3) is 0 Å². The Bertz CT molecular complexity index is 374. The average molecular weight is 263 g/mol. The first-order valence-corrected chi connectivity index (χ1v) is 7.32. The molecule has 5 nitrogen and oxygen atoms in total. The van der Waals surface area contributed by atoms with Crippen LogP contribution in [-0.4, -0.2) is 42.9 Å². The molecule has 0 bridgehead atoms. The Morgan fingerprint density at radius 3 is 3.16 bits per heavy atom. The minimum absolute atomic E-state index is 0.660. The zero-order valence-corrected chi connectivity index (χ0v) is 12.0. The zero-order chi connectivity index (χ0) is 13.5. The van der Waals surface area contributed by atoms with Gasteiger partial charge in [0.15, 0.2) is 5.82 Å². The molecule has 0 amide bonds. The summed E-state index contributed by atoms with van der Waals surface area (Å²) in [5, 5.41) is 15.1. The third-order valence-corrected chi connectivity index (χ3v) is 3.67. The molecular formula is C14H25N5. The summed E-state index contributed by atoms with van der Waals surface area (Å²) in [5.41, 5.74) is 1.17. The molecule has 1 fully saturated rings. The third-order valence-electron chi connectivity index (χ3n) is 3.67. The first-order chi connectivity index (χ1) is 9.29. The van der Waals surface area contributed by atoms with E-state index in [-0.39, 0.29) is 0 Å². The summed E-state index contributed by atoms with van der Waals surface area (Å²) < 4.78 is 0. The van der Waals surface area contributed by atoms with Gasteiger partial charge in [-0.15, -0.1) is 5.10 Å². The van der Waals surface area contributed by atoms with Crippen LogP contribution in [-0.2, 0) is 0 Å². The van der Waals surface area contributed by atoms with Crippen molar-refractivity contribution in [2.24, 2.45) is 5.92 Å². The van der Waals surface area contributed by atoms with Crippen molar-refractivity contribution in [3.63, 3.8) is 0 Å². The highest BCUT2D eigenvalue weighted by Crippen LogP contribution is 2.17. The summed E-state index contributed by atoms with van der Waals surface area (Å²) in [6.45, 7) is 9.67. The molecule has 2 rings (SSSR count). The van der Waals surface area contributed by atoms with Crippen molar-refractivity contribution in [2.75, 3.05) is 42.9 Å². The average Bonchev–Trinajstić information content (AvgIpc) is 2.74. The topological polar surface area (TPSA) is 53.1 Å². The van der Waals surface area contributed by atoms with Crippen LogP contribution in [0.2, 0.25) is 0 Å². The number of rotatable bonds is 5. The van der Waals surface area contributed by atoms with Gasteiger partial charge in [-0.2, -0.15) is 5.10 Å². The van der Waals surface area contributed by atoms with Gasteiger partial charge in [-0.3, -0.25) is 0 Å². The summed E-state index contributed by atoms with van der Waals surface area (Å²) in [5.74, 6) is 1.54.